The van der Waals surface area contributed by atoms with Crippen LogP contribution in [0.5, 0.6) is 5.75 Å². The third-order valence-electron chi connectivity index (χ3n) is 3.62. The van der Waals surface area contributed by atoms with Crippen molar-refractivity contribution in [3.63, 3.8) is 0 Å². The van der Waals surface area contributed by atoms with Crippen molar-refractivity contribution in [1.29, 1.82) is 0 Å². The van der Waals surface area contributed by atoms with E-state index in [1.807, 2.05) is 24.3 Å². The number of piperidine rings is 1. The zero-order valence-corrected chi connectivity index (χ0v) is 11.1. The van der Waals surface area contributed by atoms with Crippen molar-refractivity contribution in [3.8, 4) is 16.9 Å². The van der Waals surface area contributed by atoms with Gasteiger partial charge in [-0.3, -0.25) is 0 Å². The molecule has 0 spiro atoms. The zero-order chi connectivity index (χ0) is 13.1. The first-order chi connectivity index (χ1) is 9.40. The minimum Gasteiger partial charge on any atom is -0.496 e. The molecule has 1 saturated heterocycles. The largest absolute Gasteiger partial charge is 0.496 e. The molecular weight excluding hydrogens is 240 g/mol. The minimum absolute atomic E-state index is 0.260. The van der Waals surface area contributed by atoms with Gasteiger partial charge in [0, 0.05) is 11.1 Å². The average molecular weight is 258 g/mol. The first-order valence-corrected chi connectivity index (χ1v) is 6.71. The smallest absolute Gasteiger partial charge is 0.161 e. The molecule has 1 fully saturated rings. The first kappa shape index (κ1) is 12.2. The lowest BCUT2D eigenvalue weighted by Gasteiger charge is -2.22. The predicted octanol–water partition coefficient (Wildman–Crippen LogP) is 3.16. The second-order valence-corrected chi connectivity index (χ2v) is 4.81. The van der Waals surface area contributed by atoms with Gasteiger partial charge in [0.15, 0.2) is 5.76 Å². The summed E-state index contributed by atoms with van der Waals surface area (Å²) in [7, 11) is 1.69. The fourth-order valence-electron chi connectivity index (χ4n) is 2.64. The van der Waals surface area contributed by atoms with Gasteiger partial charge in [-0.25, -0.2) is 0 Å². The summed E-state index contributed by atoms with van der Waals surface area (Å²) in [6.45, 7) is 1.04. The standard InChI is InChI=1S/C15H18N2O2/c1-18-14-8-3-2-6-11(14)12-10-17-19-15(12)13-7-4-5-9-16-13/h2-3,6,8,10,13,16H,4-5,7,9H2,1H3. The van der Waals surface area contributed by atoms with Gasteiger partial charge in [0.05, 0.1) is 19.3 Å². The normalized spacial score (nSPS) is 19.3. The van der Waals surface area contributed by atoms with Gasteiger partial charge in [0.25, 0.3) is 0 Å². The molecule has 2 heterocycles. The van der Waals surface area contributed by atoms with Crippen molar-refractivity contribution in [2.24, 2.45) is 0 Å². The zero-order valence-electron chi connectivity index (χ0n) is 11.1. The van der Waals surface area contributed by atoms with Crippen molar-refractivity contribution in [1.82, 2.24) is 10.5 Å². The molecular formula is C15H18N2O2. The summed E-state index contributed by atoms with van der Waals surface area (Å²) in [5.74, 6) is 1.77. The van der Waals surface area contributed by atoms with Crippen LogP contribution in [0.4, 0.5) is 0 Å². The molecule has 4 nitrogen and oxygen atoms in total. The number of benzene rings is 1. The molecule has 1 aliphatic rings. The van der Waals surface area contributed by atoms with E-state index in [4.69, 9.17) is 9.26 Å². The lowest BCUT2D eigenvalue weighted by molar-refractivity contribution is 0.305. The third-order valence-corrected chi connectivity index (χ3v) is 3.62. The van der Waals surface area contributed by atoms with Gasteiger partial charge in [-0.1, -0.05) is 29.8 Å². The van der Waals surface area contributed by atoms with Crippen LogP contribution in [0.2, 0.25) is 0 Å². The van der Waals surface area contributed by atoms with Crippen LogP contribution >= 0.6 is 0 Å². The van der Waals surface area contributed by atoms with E-state index in [-0.39, 0.29) is 6.04 Å². The van der Waals surface area contributed by atoms with Gasteiger partial charge in [-0.15, -0.1) is 0 Å². The second kappa shape index (κ2) is 5.45. The minimum atomic E-state index is 0.260. The Labute approximate surface area is 112 Å². The van der Waals surface area contributed by atoms with Crippen molar-refractivity contribution in [3.05, 3.63) is 36.2 Å². The molecule has 1 unspecified atom stereocenters. The average Bonchev–Trinajstić information content (AvgIpc) is 2.97. The number of methoxy groups -OCH3 is 1. The lowest BCUT2D eigenvalue weighted by atomic mass is 9.97. The van der Waals surface area contributed by atoms with Crippen molar-refractivity contribution < 1.29 is 9.26 Å². The Morgan fingerprint density at radius 2 is 2.16 bits per heavy atom. The van der Waals surface area contributed by atoms with E-state index in [9.17, 15) is 0 Å². The van der Waals surface area contributed by atoms with E-state index >= 15 is 0 Å². The summed E-state index contributed by atoms with van der Waals surface area (Å²) in [5, 5.41) is 7.47. The number of ether oxygens (including phenoxy) is 1. The van der Waals surface area contributed by atoms with Gasteiger partial charge in [-0.2, -0.15) is 0 Å². The maximum atomic E-state index is 5.49. The van der Waals surface area contributed by atoms with Crippen LogP contribution in [0, 0.1) is 0 Å². The van der Waals surface area contributed by atoms with Crippen LogP contribution in [-0.2, 0) is 0 Å². The molecule has 0 aliphatic carbocycles. The summed E-state index contributed by atoms with van der Waals surface area (Å²) in [6, 6.07) is 8.23. The highest BCUT2D eigenvalue weighted by atomic mass is 16.5. The summed E-state index contributed by atoms with van der Waals surface area (Å²) in [4.78, 5) is 0. The van der Waals surface area contributed by atoms with E-state index in [2.05, 4.69) is 10.5 Å². The molecule has 2 aromatic rings. The highest BCUT2D eigenvalue weighted by molar-refractivity contribution is 5.71. The van der Waals surface area contributed by atoms with Crippen molar-refractivity contribution in [2.75, 3.05) is 13.7 Å². The SMILES string of the molecule is COc1ccccc1-c1cnoc1C1CCCCN1. The molecule has 1 aliphatic heterocycles. The molecule has 100 valence electrons. The molecule has 1 atom stereocenters. The van der Waals surface area contributed by atoms with E-state index in [0.717, 1.165) is 35.6 Å². The Morgan fingerprint density at radius 3 is 2.95 bits per heavy atom. The number of aromatic nitrogens is 1. The number of para-hydroxylation sites is 1. The van der Waals surface area contributed by atoms with Crippen LogP contribution in [0.1, 0.15) is 31.1 Å². The number of hydrogen-bond donors (Lipinski definition) is 1. The summed E-state index contributed by atoms with van der Waals surface area (Å²) in [5.41, 5.74) is 2.06. The van der Waals surface area contributed by atoms with Crippen molar-refractivity contribution >= 4 is 0 Å². The van der Waals surface area contributed by atoms with Gasteiger partial charge in [-0.05, 0) is 25.5 Å². The highest BCUT2D eigenvalue weighted by Gasteiger charge is 2.24. The number of rotatable bonds is 3. The lowest BCUT2D eigenvalue weighted by Crippen LogP contribution is -2.26. The number of nitrogens with zero attached hydrogens (tertiary/aromatic N) is 1. The van der Waals surface area contributed by atoms with E-state index in [1.165, 1.54) is 12.8 Å². The molecule has 1 N–H and O–H groups in total. The quantitative estimate of drug-likeness (QED) is 0.918. The molecule has 19 heavy (non-hydrogen) atoms. The first-order valence-electron chi connectivity index (χ1n) is 6.71. The summed E-state index contributed by atoms with van der Waals surface area (Å²) < 4.78 is 10.9. The van der Waals surface area contributed by atoms with Gasteiger partial charge in [0.2, 0.25) is 0 Å². The van der Waals surface area contributed by atoms with Crippen LogP contribution < -0.4 is 10.1 Å². The third kappa shape index (κ3) is 2.36. The monoisotopic (exact) mass is 258 g/mol. The van der Waals surface area contributed by atoms with Crippen LogP contribution in [0.25, 0.3) is 11.1 Å². The Morgan fingerprint density at radius 1 is 1.26 bits per heavy atom. The van der Waals surface area contributed by atoms with E-state index < -0.39 is 0 Å². The maximum absolute atomic E-state index is 5.49. The van der Waals surface area contributed by atoms with E-state index in [0.29, 0.717) is 0 Å². The molecule has 3 rings (SSSR count). The summed E-state index contributed by atoms with van der Waals surface area (Å²) in [6.07, 6.45) is 5.33. The Balaban J connectivity index is 1.99. The molecule has 0 saturated carbocycles. The van der Waals surface area contributed by atoms with Gasteiger partial charge < -0.3 is 14.6 Å². The number of hydrogen-bond acceptors (Lipinski definition) is 4. The molecule has 1 aromatic carbocycles. The van der Waals surface area contributed by atoms with Crippen LogP contribution in [0.3, 0.4) is 0 Å². The molecule has 4 heteroatoms. The van der Waals surface area contributed by atoms with Crippen LogP contribution in [-0.4, -0.2) is 18.8 Å². The molecule has 1 aromatic heterocycles. The predicted molar refractivity (Wildman–Crippen MR) is 73.1 cm³/mol. The van der Waals surface area contributed by atoms with Gasteiger partial charge >= 0.3 is 0 Å². The Bertz CT molecular complexity index is 545. The molecule has 0 radical (unpaired) electrons. The maximum Gasteiger partial charge on any atom is 0.161 e. The molecule has 0 amide bonds. The van der Waals surface area contributed by atoms with Crippen LogP contribution in [0.15, 0.2) is 35.0 Å². The van der Waals surface area contributed by atoms with E-state index in [1.54, 1.807) is 13.3 Å². The topological polar surface area (TPSA) is 47.3 Å². The molecule has 0 bridgehead atoms. The summed E-state index contributed by atoms with van der Waals surface area (Å²) >= 11 is 0. The Hall–Kier alpha value is -1.81. The Kier molecular flexibility index (Phi) is 3.51. The fraction of sp³-hybridized carbons (Fsp3) is 0.400. The van der Waals surface area contributed by atoms with Gasteiger partial charge in [0.1, 0.15) is 5.75 Å². The highest BCUT2D eigenvalue weighted by Crippen LogP contribution is 2.36. The second-order valence-electron chi connectivity index (χ2n) is 4.81. The number of nitrogens with one attached hydrogen (secondary N) is 1. The fourth-order valence-corrected chi connectivity index (χ4v) is 2.64. The van der Waals surface area contributed by atoms with Crippen molar-refractivity contribution in [2.45, 2.75) is 25.3 Å².